The summed E-state index contributed by atoms with van der Waals surface area (Å²) in [7, 11) is 5.67. The van der Waals surface area contributed by atoms with E-state index in [9.17, 15) is 0 Å². The Bertz CT molecular complexity index is 666. The summed E-state index contributed by atoms with van der Waals surface area (Å²) in [5, 5.41) is 12.3. The van der Waals surface area contributed by atoms with Crippen LogP contribution in [0.3, 0.4) is 0 Å². The van der Waals surface area contributed by atoms with Crippen molar-refractivity contribution in [3.63, 3.8) is 0 Å². The molecule has 22 heavy (non-hydrogen) atoms. The van der Waals surface area contributed by atoms with Gasteiger partial charge in [0.2, 0.25) is 0 Å². The Labute approximate surface area is 130 Å². The van der Waals surface area contributed by atoms with Crippen LogP contribution in [0, 0.1) is 11.3 Å². The van der Waals surface area contributed by atoms with E-state index in [1.807, 2.05) is 38.4 Å². The average molecular weight is 297 g/mol. The summed E-state index contributed by atoms with van der Waals surface area (Å²) in [6.07, 6.45) is 3.08. The van der Waals surface area contributed by atoms with Crippen LogP contribution in [0.25, 0.3) is 0 Å². The number of ether oxygens (including phenoxy) is 1. The molecule has 6 nitrogen and oxygen atoms in total. The maximum absolute atomic E-state index is 9.06. The molecular weight excluding hydrogens is 278 g/mol. The second-order valence-corrected chi connectivity index (χ2v) is 5.00. The fourth-order valence-corrected chi connectivity index (χ4v) is 2.19. The summed E-state index contributed by atoms with van der Waals surface area (Å²) in [5.41, 5.74) is 1.42. The summed E-state index contributed by atoms with van der Waals surface area (Å²) in [6.45, 7) is 0.605. The van der Waals surface area contributed by atoms with Crippen LogP contribution in [-0.2, 0) is 0 Å². The molecule has 0 amide bonds. The summed E-state index contributed by atoms with van der Waals surface area (Å²) in [5.74, 6) is 1.32. The Balaban J connectivity index is 2.17. The quantitative estimate of drug-likeness (QED) is 0.880. The third kappa shape index (κ3) is 3.71. The van der Waals surface area contributed by atoms with Crippen molar-refractivity contribution in [2.45, 2.75) is 6.04 Å². The lowest BCUT2D eigenvalue weighted by atomic mass is 10.1. The normalized spacial score (nSPS) is 11.8. The van der Waals surface area contributed by atoms with Crippen LogP contribution in [0.5, 0.6) is 5.75 Å². The van der Waals surface area contributed by atoms with E-state index in [0.29, 0.717) is 18.1 Å². The van der Waals surface area contributed by atoms with Crippen molar-refractivity contribution in [1.82, 2.24) is 14.9 Å². The summed E-state index contributed by atoms with van der Waals surface area (Å²) < 4.78 is 5.28. The molecule has 0 aliphatic rings. The van der Waals surface area contributed by atoms with Crippen molar-refractivity contribution in [3.8, 4) is 11.8 Å². The molecule has 0 saturated heterocycles. The largest absolute Gasteiger partial charge is 0.497 e. The lowest BCUT2D eigenvalue weighted by molar-refractivity contribution is 0.310. The SMILES string of the molecule is COc1cccc(C(CNc2nccnc2C#N)N(C)C)c1. The highest BCUT2D eigenvalue weighted by molar-refractivity contribution is 5.47. The molecule has 0 aliphatic heterocycles. The number of hydrogen-bond donors (Lipinski definition) is 1. The summed E-state index contributed by atoms with van der Waals surface area (Å²) >= 11 is 0. The second-order valence-electron chi connectivity index (χ2n) is 5.00. The Kier molecular flexibility index (Phi) is 5.28. The predicted octanol–water partition coefficient (Wildman–Crippen LogP) is 2.07. The van der Waals surface area contributed by atoms with E-state index in [-0.39, 0.29) is 6.04 Å². The second kappa shape index (κ2) is 7.38. The van der Waals surface area contributed by atoms with E-state index < -0.39 is 0 Å². The van der Waals surface area contributed by atoms with E-state index in [1.54, 1.807) is 13.3 Å². The molecule has 2 rings (SSSR count). The first kappa shape index (κ1) is 15.7. The zero-order valence-corrected chi connectivity index (χ0v) is 12.9. The topological polar surface area (TPSA) is 74.1 Å². The predicted molar refractivity (Wildman–Crippen MR) is 84.7 cm³/mol. The van der Waals surface area contributed by atoms with E-state index in [4.69, 9.17) is 10.00 Å². The first-order valence-corrected chi connectivity index (χ1v) is 6.91. The molecular formula is C16H19N5O. The van der Waals surface area contributed by atoms with Gasteiger partial charge in [0.1, 0.15) is 11.8 Å². The fraction of sp³-hybridized carbons (Fsp3) is 0.312. The molecule has 1 aromatic heterocycles. The molecule has 114 valence electrons. The molecule has 0 spiro atoms. The number of nitrogens with zero attached hydrogens (tertiary/aromatic N) is 4. The van der Waals surface area contributed by atoms with Crippen molar-refractivity contribution in [2.75, 3.05) is 33.1 Å². The molecule has 0 saturated carbocycles. The van der Waals surface area contributed by atoms with E-state index in [1.165, 1.54) is 6.20 Å². The number of hydrogen-bond acceptors (Lipinski definition) is 6. The highest BCUT2D eigenvalue weighted by atomic mass is 16.5. The number of nitrogens with one attached hydrogen (secondary N) is 1. The number of methoxy groups -OCH3 is 1. The number of anilines is 1. The Morgan fingerprint density at radius 2 is 2.09 bits per heavy atom. The first-order valence-electron chi connectivity index (χ1n) is 6.91. The van der Waals surface area contributed by atoms with Crippen molar-refractivity contribution < 1.29 is 4.74 Å². The van der Waals surface area contributed by atoms with Crippen LogP contribution in [0.15, 0.2) is 36.7 Å². The lowest BCUT2D eigenvalue weighted by Gasteiger charge is -2.25. The third-order valence-electron chi connectivity index (χ3n) is 3.37. The number of likely N-dealkylation sites (N-methyl/N-ethyl adjacent to an activating group) is 1. The van der Waals surface area contributed by atoms with Crippen molar-refractivity contribution in [3.05, 3.63) is 47.9 Å². The van der Waals surface area contributed by atoms with Crippen LogP contribution >= 0.6 is 0 Å². The number of rotatable bonds is 6. The van der Waals surface area contributed by atoms with Gasteiger partial charge in [-0.15, -0.1) is 0 Å². The van der Waals surface area contributed by atoms with Gasteiger partial charge in [0, 0.05) is 18.9 Å². The van der Waals surface area contributed by atoms with Gasteiger partial charge in [0.15, 0.2) is 11.5 Å². The Morgan fingerprint density at radius 3 is 2.77 bits per heavy atom. The molecule has 6 heteroatoms. The number of benzene rings is 1. The van der Waals surface area contributed by atoms with Gasteiger partial charge in [-0.05, 0) is 31.8 Å². The van der Waals surface area contributed by atoms with Crippen molar-refractivity contribution >= 4 is 5.82 Å². The zero-order chi connectivity index (χ0) is 15.9. The van der Waals surface area contributed by atoms with Gasteiger partial charge in [-0.3, -0.25) is 0 Å². The minimum Gasteiger partial charge on any atom is -0.497 e. The van der Waals surface area contributed by atoms with Crippen LogP contribution in [0.4, 0.5) is 5.82 Å². The maximum atomic E-state index is 9.06. The Hall–Kier alpha value is -2.65. The van der Waals surface area contributed by atoms with Gasteiger partial charge in [-0.1, -0.05) is 12.1 Å². The molecule has 0 aliphatic carbocycles. The standard InChI is InChI=1S/C16H19N5O/c1-21(2)15(12-5-4-6-13(9-12)22-3)11-20-16-14(10-17)18-7-8-19-16/h4-9,15H,11H2,1-3H3,(H,19,20). The molecule has 1 unspecified atom stereocenters. The van der Waals surface area contributed by atoms with Crippen LogP contribution in [-0.4, -0.2) is 42.6 Å². The third-order valence-corrected chi connectivity index (χ3v) is 3.37. The highest BCUT2D eigenvalue weighted by Gasteiger charge is 2.16. The van der Waals surface area contributed by atoms with Crippen LogP contribution < -0.4 is 10.1 Å². The van der Waals surface area contributed by atoms with E-state index in [2.05, 4.69) is 26.3 Å². The molecule has 0 fully saturated rings. The first-order chi connectivity index (χ1) is 10.7. The average Bonchev–Trinajstić information content (AvgIpc) is 2.55. The van der Waals surface area contributed by atoms with Crippen molar-refractivity contribution in [2.24, 2.45) is 0 Å². The van der Waals surface area contributed by atoms with Gasteiger partial charge in [0.05, 0.1) is 13.2 Å². The van der Waals surface area contributed by atoms with Gasteiger partial charge < -0.3 is 15.0 Å². The smallest absolute Gasteiger partial charge is 0.182 e. The Morgan fingerprint density at radius 1 is 1.32 bits per heavy atom. The number of aromatic nitrogens is 2. The molecule has 2 aromatic rings. The van der Waals surface area contributed by atoms with E-state index >= 15 is 0 Å². The van der Waals surface area contributed by atoms with Gasteiger partial charge in [-0.25, -0.2) is 9.97 Å². The fourth-order valence-electron chi connectivity index (χ4n) is 2.19. The summed E-state index contributed by atoms with van der Waals surface area (Å²) in [4.78, 5) is 10.3. The molecule has 1 N–H and O–H groups in total. The minimum absolute atomic E-state index is 0.114. The monoisotopic (exact) mass is 297 g/mol. The molecule has 1 atom stereocenters. The lowest BCUT2D eigenvalue weighted by Crippen LogP contribution is -2.27. The van der Waals surface area contributed by atoms with Gasteiger partial charge in [-0.2, -0.15) is 5.26 Å². The van der Waals surface area contributed by atoms with Gasteiger partial charge in [0.25, 0.3) is 0 Å². The zero-order valence-electron chi connectivity index (χ0n) is 12.9. The molecule has 1 aromatic carbocycles. The summed E-state index contributed by atoms with van der Waals surface area (Å²) in [6, 6.07) is 10.1. The van der Waals surface area contributed by atoms with Crippen molar-refractivity contribution in [1.29, 1.82) is 5.26 Å². The molecule has 0 radical (unpaired) electrons. The molecule has 0 bridgehead atoms. The molecule has 1 heterocycles. The van der Waals surface area contributed by atoms with Crippen LogP contribution in [0.2, 0.25) is 0 Å². The highest BCUT2D eigenvalue weighted by Crippen LogP contribution is 2.23. The number of nitriles is 1. The van der Waals surface area contributed by atoms with Gasteiger partial charge >= 0.3 is 0 Å². The maximum Gasteiger partial charge on any atom is 0.182 e. The minimum atomic E-state index is 0.114. The van der Waals surface area contributed by atoms with E-state index in [0.717, 1.165) is 11.3 Å². The van der Waals surface area contributed by atoms with Crippen LogP contribution in [0.1, 0.15) is 17.3 Å².